The maximum atomic E-state index is 12.2. The number of morpholine rings is 1. The summed E-state index contributed by atoms with van der Waals surface area (Å²) in [5.74, 6) is 1.05. The Bertz CT molecular complexity index is 282. The molecule has 1 saturated carbocycles. The summed E-state index contributed by atoms with van der Waals surface area (Å²) in [5, 5.41) is 0. The summed E-state index contributed by atoms with van der Waals surface area (Å²) in [4.78, 5) is 14.1. The van der Waals surface area contributed by atoms with Gasteiger partial charge < -0.3 is 15.4 Å². The summed E-state index contributed by atoms with van der Waals surface area (Å²) in [6.45, 7) is 2.12. The van der Waals surface area contributed by atoms with Crippen molar-refractivity contribution in [1.29, 1.82) is 0 Å². The molecule has 1 amide bonds. The van der Waals surface area contributed by atoms with E-state index in [0.717, 1.165) is 31.6 Å². The molecule has 0 aromatic rings. The molecule has 2 N–H and O–H groups in total. The van der Waals surface area contributed by atoms with E-state index in [1.165, 1.54) is 6.42 Å². The number of amides is 1. The largest absolute Gasteiger partial charge is 0.371 e. The van der Waals surface area contributed by atoms with Gasteiger partial charge in [-0.1, -0.05) is 0 Å². The molecule has 5 heteroatoms. The highest BCUT2D eigenvalue weighted by atomic mass is 32.2. The highest BCUT2D eigenvalue weighted by Gasteiger charge is 2.43. The van der Waals surface area contributed by atoms with Crippen LogP contribution in [0.5, 0.6) is 0 Å². The topological polar surface area (TPSA) is 55.6 Å². The van der Waals surface area contributed by atoms with Gasteiger partial charge in [-0.25, -0.2) is 0 Å². The zero-order valence-electron chi connectivity index (χ0n) is 10.5. The van der Waals surface area contributed by atoms with Crippen LogP contribution >= 0.6 is 11.8 Å². The van der Waals surface area contributed by atoms with E-state index in [-0.39, 0.29) is 17.6 Å². The number of hydrogen-bond donors (Lipinski definition) is 1. The number of hydrogen-bond acceptors (Lipinski definition) is 4. The minimum Gasteiger partial charge on any atom is -0.371 e. The van der Waals surface area contributed by atoms with Gasteiger partial charge in [-0.2, -0.15) is 11.8 Å². The third-order valence-corrected chi connectivity index (χ3v) is 4.42. The third kappa shape index (κ3) is 2.95. The van der Waals surface area contributed by atoms with E-state index in [4.69, 9.17) is 10.5 Å². The van der Waals surface area contributed by atoms with E-state index in [2.05, 4.69) is 0 Å². The van der Waals surface area contributed by atoms with Gasteiger partial charge in [-0.05, 0) is 37.7 Å². The van der Waals surface area contributed by atoms with Gasteiger partial charge in [0, 0.05) is 13.1 Å². The molecule has 1 aliphatic heterocycles. The average Bonchev–Trinajstić information content (AvgIpc) is 2.33. The van der Waals surface area contributed by atoms with Crippen molar-refractivity contribution in [1.82, 2.24) is 4.90 Å². The number of nitrogens with zero attached hydrogens (tertiary/aromatic N) is 1. The lowest BCUT2D eigenvalue weighted by molar-refractivity contribution is -0.168. The quantitative estimate of drug-likeness (QED) is 0.812. The zero-order chi connectivity index (χ0) is 12.3. The summed E-state index contributed by atoms with van der Waals surface area (Å²) >= 11 is 1.73. The molecule has 1 spiro atoms. The van der Waals surface area contributed by atoms with Crippen molar-refractivity contribution in [3.05, 3.63) is 0 Å². The predicted molar refractivity (Wildman–Crippen MR) is 70.1 cm³/mol. The number of ether oxygens (including phenoxy) is 1. The molecule has 4 nitrogen and oxygen atoms in total. The maximum Gasteiger partial charge on any atom is 0.239 e. The summed E-state index contributed by atoms with van der Waals surface area (Å²) in [7, 11) is 0. The summed E-state index contributed by atoms with van der Waals surface area (Å²) in [6, 6.07) is -0.335. The van der Waals surface area contributed by atoms with Gasteiger partial charge in [0.15, 0.2) is 0 Å². The highest BCUT2D eigenvalue weighted by molar-refractivity contribution is 7.98. The molecule has 0 radical (unpaired) electrons. The second-order valence-corrected chi connectivity index (χ2v) is 6.02. The Morgan fingerprint density at radius 2 is 2.35 bits per heavy atom. The Labute approximate surface area is 107 Å². The summed E-state index contributed by atoms with van der Waals surface area (Å²) < 4.78 is 5.80. The van der Waals surface area contributed by atoms with Crippen LogP contribution in [0.4, 0.5) is 0 Å². The van der Waals surface area contributed by atoms with Crippen LogP contribution in [0.2, 0.25) is 0 Å². The number of nitrogens with two attached hydrogens (primary N) is 1. The first kappa shape index (κ1) is 13.2. The molecule has 0 bridgehead atoms. The average molecular weight is 258 g/mol. The second-order valence-electron chi connectivity index (χ2n) is 5.03. The Morgan fingerprint density at radius 3 is 2.94 bits per heavy atom. The molecule has 2 fully saturated rings. The molecule has 1 unspecified atom stereocenters. The molecule has 98 valence electrons. The number of carbonyl (C=O) groups excluding carboxylic acids is 1. The maximum absolute atomic E-state index is 12.2. The van der Waals surface area contributed by atoms with Crippen LogP contribution in [0.25, 0.3) is 0 Å². The fourth-order valence-corrected chi connectivity index (χ4v) is 3.00. The van der Waals surface area contributed by atoms with Crippen molar-refractivity contribution >= 4 is 17.7 Å². The van der Waals surface area contributed by atoms with Crippen LogP contribution < -0.4 is 5.73 Å². The number of rotatable bonds is 4. The van der Waals surface area contributed by atoms with Gasteiger partial charge in [-0.3, -0.25) is 4.79 Å². The molecule has 0 aromatic carbocycles. The van der Waals surface area contributed by atoms with E-state index in [1.807, 2.05) is 11.2 Å². The van der Waals surface area contributed by atoms with Crippen LogP contribution in [-0.2, 0) is 9.53 Å². The fourth-order valence-electron chi connectivity index (χ4n) is 2.51. The van der Waals surface area contributed by atoms with E-state index >= 15 is 0 Å². The zero-order valence-corrected chi connectivity index (χ0v) is 11.3. The minimum absolute atomic E-state index is 0.0207. The molecule has 2 rings (SSSR count). The van der Waals surface area contributed by atoms with E-state index in [1.54, 1.807) is 11.8 Å². The molecular weight excluding hydrogens is 236 g/mol. The minimum atomic E-state index is -0.335. The Hall–Kier alpha value is -0.260. The summed E-state index contributed by atoms with van der Waals surface area (Å²) in [5.41, 5.74) is 5.92. The molecule has 17 heavy (non-hydrogen) atoms. The van der Waals surface area contributed by atoms with Crippen molar-refractivity contribution < 1.29 is 9.53 Å². The van der Waals surface area contributed by atoms with Crippen LogP contribution in [0.3, 0.4) is 0 Å². The van der Waals surface area contributed by atoms with Gasteiger partial charge in [0.05, 0.1) is 18.2 Å². The van der Waals surface area contributed by atoms with E-state index < -0.39 is 0 Å². The first-order valence-electron chi connectivity index (χ1n) is 6.34. The molecule has 1 atom stereocenters. The SMILES string of the molecule is CSCCC(N)C(=O)N1CCOC2(CCC2)C1. The lowest BCUT2D eigenvalue weighted by Gasteiger charge is -2.48. The smallest absolute Gasteiger partial charge is 0.239 e. The van der Waals surface area contributed by atoms with Crippen LogP contribution in [0.15, 0.2) is 0 Å². The number of thioether (sulfide) groups is 1. The molecule has 0 aromatic heterocycles. The van der Waals surface area contributed by atoms with Crippen LogP contribution in [0.1, 0.15) is 25.7 Å². The molecule has 1 aliphatic carbocycles. The van der Waals surface area contributed by atoms with E-state index in [0.29, 0.717) is 13.2 Å². The first-order chi connectivity index (χ1) is 8.17. The van der Waals surface area contributed by atoms with Crippen LogP contribution in [0, 0.1) is 0 Å². The molecule has 1 saturated heterocycles. The Kier molecular flexibility index (Phi) is 4.33. The van der Waals surface area contributed by atoms with Gasteiger partial charge in [0.1, 0.15) is 0 Å². The van der Waals surface area contributed by atoms with Crippen molar-refractivity contribution in [2.75, 3.05) is 31.7 Å². The molecular formula is C12H22N2O2S. The summed E-state index contributed by atoms with van der Waals surface area (Å²) in [6.07, 6.45) is 6.22. The first-order valence-corrected chi connectivity index (χ1v) is 7.73. The van der Waals surface area contributed by atoms with Gasteiger partial charge in [0.2, 0.25) is 5.91 Å². The van der Waals surface area contributed by atoms with Crippen molar-refractivity contribution in [2.24, 2.45) is 5.73 Å². The van der Waals surface area contributed by atoms with Gasteiger partial charge >= 0.3 is 0 Å². The van der Waals surface area contributed by atoms with Crippen molar-refractivity contribution in [2.45, 2.75) is 37.3 Å². The standard InChI is InChI=1S/C12H22N2O2S/c1-17-8-3-10(13)11(15)14-6-7-16-12(9-14)4-2-5-12/h10H,2-9,13H2,1H3. The van der Waals surface area contributed by atoms with Gasteiger partial charge in [-0.15, -0.1) is 0 Å². The molecule has 1 heterocycles. The fraction of sp³-hybridized carbons (Fsp3) is 0.917. The highest BCUT2D eigenvalue weighted by Crippen LogP contribution is 2.38. The monoisotopic (exact) mass is 258 g/mol. The Balaban J connectivity index is 1.86. The molecule has 2 aliphatic rings. The van der Waals surface area contributed by atoms with Crippen molar-refractivity contribution in [3.63, 3.8) is 0 Å². The van der Waals surface area contributed by atoms with Crippen molar-refractivity contribution in [3.8, 4) is 0 Å². The predicted octanol–water partition coefficient (Wildman–Crippen LogP) is 0.848. The lowest BCUT2D eigenvalue weighted by Crippen LogP contribution is -2.59. The lowest BCUT2D eigenvalue weighted by atomic mass is 9.78. The second kappa shape index (κ2) is 5.59. The number of carbonyl (C=O) groups is 1. The van der Waals surface area contributed by atoms with Gasteiger partial charge in [0.25, 0.3) is 0 Å². The van der Waals surface area contributed by atoms with E-state index in [9.17, 15) is 4.79 Å². The third-order valence-electron chi connectivity index (χ3n) is 3.78. The normalized spacial score (nSPS) is 24.5. The Morgan fingerprint density at radius 1 is 1.59 bits per heavy atom. The van der Waals surface area contributed by atoms with Crippen LogP contribution in [-0.4, -0.2) is 54.2 Å².